The van der Waals surface area contributed by atoms with Crippen LogP contribution in [0.3, 0.4) is 0 Å². The molecule has 10 heteroatoms. The smallest absolute Gasteiger partial charge is 0.258 e. The van der Waals surface area contributed by atoms with Crippen molar-refractivity contribution in [3.63, 3.8) is 0 Å². The second-order valence-electron chi connectivity index (χ2n) is 5.85. The molecule has 0 saturated heterocycles. The summed E-state index contributed by atoms with van der Waals surface area (Å²) in [6, 6.07) is 12.2. The summed E-state index contributed by atoms with van der Waals surface area (Å²) < 4.78 is 7.98. The Morgan fingerprint density at radius 1 is 1.18 bits per heavy atom. The van der Waals surface area contributed by atoms with Crippen molar-refractivity contribution in [1.82, 2.24) is 24.3 Å². The summed E-state index contributed by atoms with van der Waals surface area (Å²) in [6.45, 7) is 0. The first-order valence-corrected chi connectivity index (χ1v) is 9.57. The molecule has 3 aromatic heterocycles. The summed E-state index contributed by atoms with van der Waals surface area (Å²) in [5, 5.41) is 9.28. The number of halogens is 1. The van der Waals surface area contributed by atoms with Gasteiger partial charge in [0.1, 0.15) is 11.4 Å². The van der Waals surface area contributed by atoms with Gasteiger partial charge in [0, 0.05) is 23.6 Å². The van der Waals surface area contributed by atoms with E-state index in [2.05, 4.69) is 15.2 Å². The van der Waals surface area contributed by atoms with Crippen LogP contribution in [0.2, 0.25) is 5.02 Å². The van der Waals surface area contributed by atoms with Crippen molar-refractivity contribution in [3.05, 3.63) is 69.7 Å². The number of pyridine rings is 1. The Kier molecular flexibility index (Phi) is 4.93. The Bertz CT molecular complexity index is 1210. The van der Waals surface area contributed by atoms with E-state index in [9.17, 15) is 4.79 Å². The number of nitrogens with zero attached hydrogens (tertiary/aromatic N) is 5. The minimum atomic E-state index is -0.198. The van der Waals surface area contributed by atoms with Gasteiger partial charge in [-0.25, -0.2) is 9.66 Å². The van der Waals surface area contributed by atoms with Gasteiger partial charge in [-0.3, -0.25) is 9.20 Å². The molecule has 0 aliphatic carbocycles. The van der Waals surface area contributed by atoms with Crippen molar-refractivity contribution in [2.75, 3.05) is 13.0 Å². The van der Waals surface area contributed by atoms with E-state index in [1.165, 1.54) is 26.9 Å². The van der Waals surface area contributed by atoms with Crippen LogP contribution in [-0.2, 0) is 5.75 Å². The molecule has 0 atom stereocenters. The molecule has 2 N–H and O–H groups in total. The molecule has 0 amide bonds. The third-order valence-corrected chi connectivity index (χ3v) is 5.24. The van der Waals surface area contributed by atoms with Gasteiger partial charge in [0.25, 0.3) is 5.56 Å². The number of hydrogen-bond donors (Lipinski definition) is 1. The number of benzene rings is 1. The van der Waals surface area contributed by atoms with E-state index in [-0.39, 0.29) is 5.56 Å². The highest BCUT2D eigenvalue weighted by atomic mass is 35.5. The fourth-order valence-electron chi connectivity index (χ4n) is 2.65. The summed E-state index contributed by atoms with van der Waals surface area (Å²) in [4.78, 5) is 16.7. The van der Waals surface area contributed by atoms with Crippen LogP contribution in [0.5, 0.6) is 5.75 Å². The molecular formula is C18H15ClN6O2S. The first kappa shape index (κ1) is 18.3. The fraction of sp³-hybridized carbons (Fsp3) is 0.111. The van der Waals surface area contributed by atoms with Crippen molar-refractivity contribution in [1.29, 1.82) is 0 Å². The first-order valence-electron chi connectivity index (χ1n) is 8.21. The second kappa shape index (κ2) is 7.53. The fourth-order valence-corrected chi connectivity index (χ4v) is 3.56. The number of fused-ring (bicyclic) bond motifs is 1. The zero-order chi connectivity index (χ0) is 19.7. The van der Waals surface area contributed by atoms with E-state index >= 15 is 0 Å². The predicted molar refractivity (Wildman–Crippen MR) is 108 cm³/mol. The summed E-state index contributed by atoms with van der Waals surface area (Å²) in [6.07, 6.45) is 1.54. The summed E-state index contributed by atoms with van der Waals surface area (Å²) in [5.41, 5.74) is 1.77. The molecule has 142 valence electrons. The molecule has 0 saturated carbocycles. The number of thioether (sulfide) groups is 1. The Balaban J connectivity index is 1.55. The molecule has 0 aliphatic heterocycles. The maximum absolute atomic E-state index is 12.3. The largest absolute Gasteiger partial charge is 0.497 e. The van der Waals surface area contributed by atoms with Gasteiger partial charge < -0.3 is 10.6 Å². The highest BCUT2D eigenvalue weighted by molar-refractivity contribution is 7.98. The number of nitrogens with two attached hydrogens (primary N) is 1. The minimum absolute atomic E-state index is 0.198. The van der Waals surface area contributed by atoms with E-state index in [1.54, 1.807) is 25.4 Å². The third kappa shape index (κ3) is 3.54. The summed E-state index contributed by atoms with van der Waals surface area (Å²) >= 11 is 7.28. The van der Waals surface area contributed by atoms with E-state index in [4.69, 9.17) is 22.2 Å². The van der Waals surface area contributed by atoms with E-state index < -0.39 is 0 Å². The zero-order valence-electron chi connectivity index (χ0n) is 14.7. The van der Waals surface area contributed by atoms with Crippen LogP contribution in [0.1, 0.15) is 5.69 Å². The van der Waals surface area contributed by atoms with Crippen LogP contribution in [0, 0.1) is 0 Å². The molecule has 8 nitrogen and oxygen atoms in total. The molecule has 0 aliphatic rings. The van der Waals surface area contributed by atoms with Gasteiger partial charge in [-0.2, -0.15) is 0 Å². The van der Waals surface area contributed by atoms with Gasteiger partial charge in [0.05, 0.1) is 17.8 Å². The number of ether oxygens (including phenoxy) is 1. The van der Waals surface area contributed by atoms with E-state index in [0.717, 1.165) is 11.3 Å². The average Bonchev–Trinajstić information content (AvgIpc) is 3.07. The minimum Gasteiger partial charge on any atom is -0.497 e. The lowest BCUT2D eigenvalue weighted by molar-refractivity contribution is 0.415. The van der Waals surface area contributed by atoms with Gasteiger partial charge in [-0.05, 0) is 36.4 Å². The normalized spacial score (nSPS) is 11.1. The van der Waals surface area contributed by atoms with Crippen LogP contribution in [0.15, 0.2) is 58.6 Å². The van der Waals surface area contributed by atoms with Crippen LogP contribution in [0.25, 0.3) is 17.0 Å². The number of rotatable bonds is 5. The van der Waals surface area contributed by atoms with Crippen molar-refractivity contribution in [3.8, 4) is 17.1 Å². The molecule has 0 bridgehead atoms. The predicted octanol–water partition coefficient (Wildman–Crippen LogP) is 2.62. The lowest BCUT2D eigenvalue weighted by Crippen LogP contribution is -2.15. The molecule has 3 heterocycles. The number of hydrogen-bond acceptors (Lipinski definition) is 7. The lowest BCUT2D eigenvalue weighted by atomic mass is 10.2. The van der Waals surface area contributed by atoms with E-state index in [0.29, 0.717) is 33.1 Å². The van der Waals surface area contributed by atoms with Gasteiger partial charge in [0.15, 0.2) is 5.82 Å². The first-order chi connectivity index (χ1) is 13.5. The van der Waals surface area contributed by atoms with Crippen LogP contribution >= 0.6 is 23.4 Å². The Morgan fingerprint density at radius 2 is 1.96 bits per heavy atom. The number of methoxy groups -OCH3 is 1. The molecule has 4 aromatic rings. The molecule has 0 fully saturated rings. The van der Waals surface area contributed by atoms with Crippen molar-refractivity contribution in [2.45, 2.75) is 10.9 Å². The lowest BCUT2D eigenvalue weighted by Gasteiger charge is -2.06. The number of nitrogen functional groups attached to an aromatic ring is 1. The zero-order valence-corrected chi connectivity index (χ0v) is 16.3. The Morgan fingerprint density at radius 3 is 2.71 bits per heavy atom. The molecule has 28 heavy (non-hydrogen) atoms. The summed E-state index contributed by atoms with van der Waals surface area (Å²) in [5.74, 6) is 7.85. The van der Waals surface area contributed by atoms with Crippen molar-refractivity contribution in [2.24, 2.45) is 0 Å². The molecule has 0 radical (unpaired) electrons. The highest BCUT2D eigenvalue weighted by Gasteiger charge is 2.13. The Labute approximate surface area is 168 Å². The molecule has 4 rings (SSSR count). The maximum atomic E-state index is 12.3. The van der Waals surface area contributed by atoms with Gasteiger partial charge in [-0.15, -0.1) is 10.2 Å². The molecule has 0 unspecified atom stereocenters. The Hall–Kier alpha value is -3.04. The monoisotopic (exact) mass is 414 g/mol. The van der Waals surface area contributed by atoms with Gasteiger partial charge >= 0.3 is 0 Å². The second-order valence-corrected chi connectivity index (χ2v) is 7.23. The van der Waals surface area contributed by atoms with Crippen LogP contribution in [-0.4, -0.2) is 31.4 Å². The molecule has 1 aromatic carbocycles. The van der Waals surface area contributed by atoms with Crippen molar-refractivity contribution >= 4 is 29.0 Å². The number of aromatic nitrogens is 5. The molecule has 0 spiro atoms. The van der Waals surface area contributed by atoms with Gasteiger partial charge in [-0.1, -0.05) is 23.4 Å². The van der Waals surface area contributed by atoms with Crippen LogP contribution < -0.4 is 16.1 Å². The maximum Gasteiger partial charge on any atom is 0.258 e. The standard InChI is InChI=1S/C18H15ClN6O2S/c1-27-14-5-2-11(3-6-14)17-22-23-18(25(17)20)28-10-13-8-16(26)24-9-12(19)4-7-15(24)21-13/h2-9H,10,20H2,1H3. The van der Waals surface area contributed by atoms with E-state index in [1.807, 2.05) is 24.3 Å². The van der Waals surface area contributed by atoms with Gasteiger partial charge in [0.2, 0.25) is 5.16 Å². The highest BCUT2D eigenvalue weighted by Crippen LogP contribution is 2.25. The topological polar surface area (TPSA) is 100 Å². The average molecular weight is 415 g/mol. The quantitative estimate of drug-likeness (QED) is 0.395. The third-order valence-electron chi connectivity index (χ3n) is 4.04. The van der Waals surface area contributed by atoms with Crippen molar-refractivity contribution < 1.29 is 4.74 Å². The van der Waals surface area contributed by atoms with Crippen LogP contribution in [0.4, 0.5) is 0 Å². The summed E-state index contributed by atoms with van der Waals surface area (Å²) in [7, 11) is 1.61. The molecular weight excluding hydrogens is 400 g/mol. The SMILES string of the molecule is COc1ccc(-c2nnc(SCc3cc(=O)n4cc(Cl)ccc4n3)n2N)cc1.